The normalized spacial score (nSPS) is 33.8. The van der Waals surface area contributed by atoms with Crippen LogP contribution in [-0.2, 0) is 9.47 Å². The van der Waals surface area contributed by atoms with Crippen LogP contribution in [0.4, 0.5) is 5.82 Å². The van der Waals surface area contributed by atoms with Gasteiger partial charge in [0.1, 0.15) is 30.2 Å². The number of rotatable bonds is 2. The van der Waals surface area contributed by atoms with Crippen molar-refractivity contribution >= 4 is 17.0 Å². The van der Waals surface area contributed by atoms with Crippen molar-refractivity contribution in [3.63, 3.8) is 0 Å². The summed E-state index contributed by atoms with van der Waals surface area (Å²) in [4.78, 5) is 12.2. The number of epoxide rings is 1. The van der Waals surface area contributed by atoms with Gasteiger partial charge >= 0.3 is 0 Å². The zero-order chi connectivity index (χ0) is 12.3. The summed E-state index contributed by atoms with van der Waals surface area (Å²) in [7, 11) is 0. The summed E-state index contributed by atoms with van der Waals surface area (Å²) in [5.74, 6) is 0.337. The minimum absolute atomic E-state index is 0.0309. The number of aliphatic hydroxyl groups excluding tert-OH is 1. The van der Waals surface area contributed by atoms with Crippen molar-refractivity contribution in [2.75, 3.05) is 12.3 Å². The van der Waals surface area contributed by atoms with Crippen molar-refractivity contribution in [1.29, 1.82) is 0 Å². The molecule has 0 saturated carbocycles. The van der Waals surface area contributed by atoms with Gasteiger partial charge in [-0.1, -0.05) is 0 Å². The number of ether oxygens (including phenoxy) is 2. The highest BCUT2D eigenvalue weighted by Crippen LogP contribution is 2.45. The van der Waals surface area contributed by atoms with E-state index in [0.29, 0.717) is 17.0 Å². The first-order valence-corrected chi connectivity index (χ1v) is 5.64. The average molecular weight is 254 g/mol. The second kappa shape index (κ2) is 3.37. The van der Waals surface area contributed by atoms with E-state index in [1.165, 1.54) is 6.33 Å². The van der Waals surface area contributed by atoms with Crippen molar-refractivity contribution in [2.45, 2.75) is 24.5 Å². The Bertz CT molecular complexity index is 615. The third kappa shape index (κ3) is 1.22. The van der Waals surface area contributed by atoms with E-state index in [0.717, 1.165) is 0 Å². The van der Waals surface area contributed by atoms with Gasteiger partial charge in [0.2, 0.25) is 0 Å². The molecule has 4 atom stereocenters. The van der Waals surface area contributed by atoms with E-state index in [-0.39, 0.29) is 31.1 Å². The molecular formula is C10H11N5O3. The summed E-state index contributed by atoms with van der Waals surface area (Å²) in [6, 6.07) is 0. The molecule has 2 fully saturated rings. The lowest BCUT2D eigenvalue weighted by molar-refractivity contribution is -0.0823. The number of hydrogen-bond donors (Lipinski definition) is 2. The van der Waals surface area contributed by atoms with Gasteiger partial charge in [-0.2, -0.15) is 0 Å². The number of aromatic nitrogens is 4. The van der Waals surface area contributed by atoms with Crippen molar-refractivity contribution in [2.24, 2.45) is 0 Å². The van der Waals surface area contributed by atoms with Crippen LogP contribution in [0.15, 0.2) is 12.7 Å². The molecule has 0 radical (unpaired) electrons. The van der Waals surface area contributed by atoms with Gasteiger partial charge in [-0.05, 0) is 0 Å². The summed E-state index contributed by atoms with van der Waals surface area (Å²) in [5, 5.41) is 9.16. The first-order chi connectivity index (χ1) is 8.79. The summed E-state index contributed by atoms with van der Waals surface area (Å²) in [6.45, 7) is -0.0541. The van der Waals surface area contributed by atoms with Crippen LogP contribution >= 0.6 is 0 Å². The minimum Gasteiger partial charge on any atom is -0.394 e. The molecule has 4 rings (SSSR count). The summed E-state index contributed by atoms with van der Waals surface area (Å²) >= 11 is 0. The maximum atomic E-state index is 9.16. The Balaban J connectivity index is 1.78. The number of anilines is 1. The quantitative estimate of drug-likeness (QED) is 0.525. The van der Waals surface area contributed by atoms with Crippen LogP contribution in [0.2, 0.25) is 0 Å². The number of fused-ring (bicyclic) bond motifs is 2. The van der Waals surface area contributed by atoms with E-state index < -0.39 is 0 Å². The Labute approximate surface area is 101 Å². The van der Waals surface area contributed by atoms with Gasteiger partial charge in [-0.3, -0.25) is 4.57 Å². The number of nitrogens with two attached hydrogens (primary N) is 1. The molecule has 4 heterocycles. The topological polar surface area (TPSA) is 112 Å². The van der Waals surface area contributed by atoms with Crippen molar-refractivity contribution in [1.82, 2.24) is 19.5 Å². The van der Waals surface area contributed by atoms with Gasteiger partial charge < -0.3 is 20.3 Å². The largest absolute Gasteiger partial charge is 0.394 e. The number of aliphatic hydroxyl groups is 1. The Hall–Kier alpha value is -1.77. The fourth-order valence-corrected chi connectivity index (χ4v) is 2.43. The molecular weight excluding hydrogens is 243 g/mol. The average Bonchev–Trinajstić information content (AvgIpc) is 2.91. The van der Waals surface area contributed by atoms with E-state index in [1.807, 2.05) is 0 Å². The van der Waals surface area contributed by atoms with Crippen molar-refractivity contribution < 1.29 is 14.6 Å². The van der Waals surface area contributed by atoms with Crippen LogP contribution < -0.4 is 5.73 Å². The highest BCUT2D eigenvalue weighted by atomic mass is 16.9. The zero-order valence-corrected chi connectivity index (χ0v) is 9.30. The smallest absolute Gasteiger partial charge is 0.167 e. The van der Waals surface area contributed by atoms with E-state index in [2.05, 4.69) is 15.0 Å². The highest BCUT2D eigenvalue weighted by Gasteiger charge is 2.58. The number of imidazole rings is 1. The van der Waals surface area contributed by atoms with Crippen LogP contribution in [0.5, 0.6) is 0 Å². The molecule has 94 valence electrons. The second-order valence-corrected chi connectivity index (χ2v) is 4.40. The first-order valence-electron chi connectivity index (χ1n) is 5.64. The molecule has 2 aromatic heterocycles. The lowest BCUT2D eigenvalue weighted by Crippen LogP contribution is -2.22. The third-order valence-electron chi connectivity index (χ3n) is 3.36. The minimum atomic E-state index is -0.313. The molecule has 0 bridgehead atoms. The fraction of sp³-hybridized carbons (Fsp3) is 0.500. The van der Waals surface area contributed by atoms with Crippen molar-refractivity contribution in [3.05, 3.63) is 12.7 Å². The van der Waals surface area contributed by atoms with Gasteiger partial charge in [0.25, 0.3) is 0 Å². The molecule has 0 amide bonds. The number of nitrogens with zero attached hydrogens (tertiary/aromatic N) is 4. The summed E-state index contributed by atoms with van der Waals surface area (Å²) in [6.07, 6.45) is 2.33. The molecule has 0 unspecified atom stereocenters. The van der Waals surface area contributed by atoms with E-state index >= 15 is 0 Å². The van der Waals surface area contributed by atoms with E-state index in [9.17, 15) is 0 Å². The van der Waals surface area contributed by atoms with Crippen LogP contribution in [0.1, 0.15) is 6.23 Å². The van der Waals surface area contributed by atoms with E-state index in [1.54, 1.807) is 10.9 Å². The first kappa shape index (κ1) is 10.2. The predicted octanol–water partition coefficient (Wildman–Crippen LogP) is -0.934. The molecule has 8 nitrogen and oxygen atoms in total. The molecule has 0 aliphatic carbocycles. The van der Waals surface area contributed by atoms with Gasteiger partial charge in [0.05, 0.1) is 12.9 Å². The maximum absolute atomic E-state index is 9.16. The Morgan fingerprint density at radius 3 is 2.94 bits per heavy atom. The lowest BCUT2D eigenvalue weighted by atomic mass is 10.5. The number of hydrogen-bond acceptors (Lipinski definition) is 7. The SMILES string of the molecule is Nc1ncnc2c1ncn2[13C@@H]1O[13C@H]([13CH2]O)[13C@H]2O[13C@H]21. The molecule has 2 aliphatic heterocycles. The molecule has 8 heteroatoms. The maximum Gasteiger partial charge on any atom is 0.167 e. The van der Waals surface area contributed by atoms with Crippen LogP contribution in [-0.4, -0.2) is 49.5 Å². The van der Waals surface area contributed by atoms with Crippen LogP contribution in [0.25, 0.3) is 11.2 Å². The third-order valence-corrected chi connectivity index (χ3v) is 3.36. The number of nitrogen functional groups attached to an aromatic ring is 1. The molecule has 3 N–H and O–H groups in total. The van der Waals surface area contributed by atoms with Gasteiger partial charge in [-0.25, -0.2) is 15.0 Å². The Morgan fingerprint density at radius 1 is 1.28 bits per heavy atom. The van der Waals surface area contributed by atoms with Crippen LogP contribution in [0.3, 0.4) is 0 Å². The molecule has 0 aromatic carbocycles. The standard InChI is InChI=1S/C10H11N5O3/c11-8-5-9(13-2-12-8)15(3-14-5)10-7-6(18-7)4(1-16)17-10/h2-4,6-7,10,16H,1H2,(H2,11,12,13)/t4-,6-,7-,10-/m1/s1/i1+1,4+1,6+1,7+1,10+1. The monoisotopic (exact) mass is 254 g/mol. The molecule has 18 heavy (non-hydrogen) atoms. The Morgan fingerprint density at radius 2 is 2.17 bits per heavy atom. The van der Waals surface area contributed by atoms with E-state index in [4.69, 9.17) is 20.3 Å². The van der Waals surface area contributed by atoms with Crippen LogP contribution in [0, 0.1) is 0 Å². The molecule has 2 aliphatic rings. The highest BCUT2D eigenvalue weighted by molar-refractivity contribution is 5.81. The molecule has 0 spiro atoms. The molecule has 2 aromatic rings. The second-order valence-electron chi connectivity index (χ2n) is 4.40. The fourth-order valence-electron chi connectivity index (χ4n) is 2.43. The van der Waals surface area contributed by atoms with Gasteiger partial charge in [0, 0.05) is 0 Å². The summed E-state index contributed by atoms with van der Waals surface area (Å²) < 4.78 is 12.9. The predicted molar refractivity (Wildman–Crippen MR) is 59.4 cm³/mol. The Kier molecular flexibility index (Phi) is 1.91. The summed E-state index contributed by atoms with van der Waals surface area (Å²) in [5.41, 5.74) is 6.89. The molecule has 2 saturated heterocycles. The van der Waals surface area contributed by atoms with Gasteiger partial charge in [0.15, 0.2) is 17.7 Å². The lowest BCUT2D eigenvalue weighted by Gasteiger charge is -2.17. The van der Waals surface area contributed by atoms with Crippen molar-refractivity contribution in [3.8, 4) is 0 Å². The zero-order valence-electron chi connectivity index (χ0n) is 9.30. The van der Waals surface area contributed by atoms with Gasteiger partial charge in [-0.15, -0.1) is 0 Å².